The monoisotopic (exact) mass is 71.0 g/mol. The molecule has 0 radical (unpaired) electrons. The smallest absolute Gasteiger partial charge is 0.0878 e. The Bertz CT molecular complexity index is 58.5. The van der Waals surface area contributed by atoms with E-state index >= 15 is 0 Å². The molecule has 28 valence electrons. The quantitative estimate of drug-likeness (QED) is 0.348. The highest BCUT2D eigenvalue weighted by Gasteiger charge is 2.64. The van der Waals surface area contributed by atoms with Gasteiger partial charge >= 0.3 is 0 Å². The molecule has 1 aliphatic carbocycles. The molecule has 5 heavy (non-hydrogen) atoms. The van der Waals surface area contributed by atoms with E-state index in [0.717, 1.165) is 0 Å². The van der Waals surface area contributed by atoms with E-state index in [-0.39, 0.29) is 6.10 Å². The van der Waals surface area contributed by atoms with Crippen LogP contribution in [0.4, 0.5) is 0 Å². The Balaban J connectivity index is 2.19. The number of hydrogen-bond donors (Lipinski definition) is 2. The van der Waals surface area contributed by atoms with Gasteiger partial charge in [-0.1, -0.05) is 0 Å². The maximum absolute atomic E-state index is 8.42. The van der Waals surface area contributed by atoms with Gasteiger partial charge in [0.15, 0.2) is 0 Å². The van der Waals surface area contributed by atoms with Crippen molar-refractivity contribution in [3.05, 3.63) is 0 Å². The first-order chi connectivity index (χ1) is 2.39. The van der Waals surface area contributed by atoms with E-state index in [0.29, 0.717) is 12.1 Å². The summed E-state index contributed by atoms with van der Waals surface area (Å²) in [5.41, 5.74) is 0. The third-order valence-electron chi connectivity index (χ3n) is 1.26. The molecule has 1 aliphatic heterocycles. The van der Waals surface area contributed by atoms with Gasteiger partial charge in [0.2, 0.25) is 0 Å². The fourth-order valence-corrected chi connectivity index (χ4v) is 0.540. The van der Waals surface area contributed by atoms with Gasteiger partial charge in [-0.2, -0.15) is 0 Å². The van der Waals surface area contributed by atoms with E-state index in [1.807, 2.05) is 0 Å². The van der Waals surface area contributed by atoms with Gasteiger partial charge in [0.05, 0.1) is 18.2 Å². The van der Waals surface area contributed by atoms with Crippen LogP contribution < -0.4 is 5.32 Å². The number of fused-ring (bicyclic) bond motifs is 1. The van der Waals surface area contributed by atoms with Gasteiger partial charge in [0.25, 0.3) is 0 Å². The Hall–Kier alpha value is -0.0800. The van der Waals surface area contributed by atoms with Crippen LogP contribution in [0.25, 0.3) is 0 Å². The Morgan fingerprint density at radius 2 is 1.80 bits per heavy atom. The van der Waals surface area contributed by atoms with Crippen molar-refractivity contribution in [2.45, 2.75) is 18.2 Å². The van der Waals surface area contributed by atoms with Crippen LogP contribution >= 0.6 is 0 Å². The fourth-order valence-electron chi connectivity index (χ4n) is 0.540. The highest BCUT2D eigenvalue weighted by molar-refractivity contribution is 5.25. The Morgan fingerprint density at radius 1 is 1.40 bits per heavy atom. The molecule has 0 aromatic rings. The zero-order valence-corrected chi connectivity index (χ0v) is 2.68. The number of nitrogens with one attached hydrogen (secondary N) is 1. The molecule has 0 aromatic heterocycles. The summed E-state index contributed by atoms with van der Waals surface area (Å²) in [4.78, 5) is 0. The molecule has 2 unspecified atom stereocenters. The van der Waals surface area contributed by atoms with Crippen LogP contribution in [0.2, 0.25) is 0 Å². The lowest BCUT2D eigenvalue weighted by molar-refractivity contribution is 0.232. The first kappa shape index (κ1) is 2.16. The van der Waals surface area contributed by atoms with Crippen LogP contribution in [-0.4, -0.2) is 23.3 Å². The zero-order valence-electron chi connectivity index (χ0n) is 2.68. The van der Waals surface area contributed by atoms with Crippen molar-refractivity contribution in [1.29, 1.82) is 0 Å². The predicted octanol–water partition coefficient (Wildman–Crippen LogP) is -1.30. The Morgan fingerprint density at radius 3 is 1.80 bits per heavy atom. The van der Waals surface area contributed by atoms with Gasteiger partial charge in [-0.25, -0.2) is 0 Å². The van der Waals surface area contributed by atoms with Crippen molar-refractivity contribution in [3.63, 3.8) is 0 Å². The minimum absolute atomic E-state index is 0.0370. The third kappa shape index (κ3) is 0.102. The number of aliphatic hydroxyl groups is 1. The molecule has 1 saturated carbocycles. The summed E-state index contributed by atoms with van der Waals surface area (Å²) < 4.78 is 0. The van der Waals surface area contributed by atoms with Crippen molar-refractivity contribution in [3.8, 4) is 0 Å². The van der Waals surface area contributed by atoms with Crippen LogP contribution in [0, 0.1) is 0 Å². The molecular formula is C3H5NO. The lowest BCUT2D eigenvalue weighted by atomic mass is 10.7. The molecule has 0 amide bonds. The first-order valence-corrected chi connectivity index (χ1v) is 1.84. The zero-order chi connectivity index (χ0) is 3.44. The molecule has 2 aliphatic rings. The normalized spacial score (nSPS) is 70.2. The van der Waals surface area contributed by atoms with Gasteiger partial charge < -0.3 is 10.4 Å². The molecule has 2 heteroatoms. The molecule has 0 spiro atoms. The lowest BCUT2D eigenvalue weighted by Crippen LogP contribution is -2.11. The minimum atomic E-state index is 0.0370. The summed E-state index contributed by atoms with van der Waals surface area (Å²) in [7, 11) is 0. The van der Waals surface area contributed by atoms with Crippen molar-refractivity contribution in [2.75, 3.05) is 0 Å². The minimum Gasteiger partial charge on any atom is -0.390 e. The topological polar surface area (TPSA) is 42.2 Å². The SMILES string of the molecule is OC1C2NC12. The summed E-state index contributed by atoms with van der Waals surface area (Å²) in [6.07, 6.45) is 0.0370. The number of rotatable bonds is 0. The summed E-state index contributed by atoms with van der Waals surface area (Å²) in [5.74, 6) is 0. The van der Waals surface area contributed by atoms with Crippen molar-refractivity contribution in [1.82, 2.24) is 5.32 Å². The molecule has 2 N–H and O–H groups in total. The maximum atomic E-state index is 8.42. The van der Waals surface area contributed by atoms with E-state index in [9.17, 15) is 0 Å². The van der Waals surface area contributed by atoms with Gasteiger partial charge in [0, 0.05) is 0 Å². The van der Waals surface area contributed by atoms with Crippen LogP contribution in [0.15, 0.2) is 0 Å². The van der Waals surface area contributed by atoms with Crippen LogP contribution in [0.5, 0.6) is 0 Å². The van der Waals surface area contributed by atoms with Gasteiger partial charge in [-0.15, -0.1) is 0 Å². The van der Waals surface area contributed by atoms with Crippen molar-refractivity contribution in [2.24, 2.45) is 0 Å². The third-order valence-corrected chi connectivity index (χ3v) is 1.26. The number of aliphatic hydroxyl groups excluding tert-OH is 1. The fraction of sp³-hybridized carbons (Fsp3) is 1.00. The lowest BCUT2D eigenvalue weighted by Gasteiger charge is -1.85. The van der Waals surface area contributed by atoms with Crippen molar-refractivity contribution < 1.29 is 5.11 Å². The maximum Gasteiger partial charge on any atom is 0.0878 e. The van der Waals surface area contributed by atoms with E-state index in [2.05, 4.69) is 5.32 Å². The Labute approximate surface area is 29.8 Å². The standard InChI is InChI=1S/C3H5NO/c5-3-1-2(3)4-1/h1-5H. The van der Waals surface area contributed by atoms with E-state index in [4.69, 9.17) is 5.11 Å². The van der Waals surface area contributed by atoms with Crippen LogP contribution in [0.1, 0.15) is 0 Å². The van der Waals surface area contributed by atoms with E-state index in [1.54, 1.807) is 0 Å². The largest absolute Gasteiger partial charge is 0.390 e. The molecule has 0 bridgehead atoms. The summed E-state index contributed by atoms with van der Waals surface area (Å²) in [5, 5.41) is 11.4. The van der Waals surface area contributed by atoms with Gasteiger partial charge in [0.1, 0.15) is 0 Å². The molecule has 2 fully saturated rings. The molecule has 0 aromatic carbocycles. The summed E-state index contributed by atoms with van der Waals surface area (Å²) in [6.45, 7) is 0. The predicted molar refractivity (Wildman–Crippen MR) is 16.7 cm³/mol. The average molecular weight is 71.1 g/mol. The number of hydrogen-bond acceptors (Lipinski definition) is 2. The summed E-state index contributed by atoms with van der Waals surface area (Å²) in [6, 6.07) is 1.05. The Kier molecular flexibility index (Phi) is 0.147. The molecule has 1 saturated heterocycles. The average Bonchev–Trinajstić information content (AvgIpc) is 2.11. The molecule has 2 rings (SSSR count). The molecule has 2 nitrogen and oxygen atoms in total. The molecular weight excluding hydrogens is 66.0 g/mol. The second-order valence-corrected chi connectivity index (χ2v) is 1.71. The summed E-state index contributed by atoms with van der Waals surface area (Å²) >= 11 is 0. The van der Waals surface area contributed by atoms with Crippen molar-refractivity contribution >= 4 is 0 Å². The highest BCUT2D eigenvalue weighted by Crippen LogP contribution is 2.36. The highest BCUT2D eigenvalue weighted by atomic mass is 16.3. The van der Waals surface area contributed by atoms with Gasteiger partial charge in [-0.05, 0) is 0 Å². The first-order valence-electron chi connectivity index (χ1n) is 1.84. The molecule has 2 atom stereocenters. The van der Waals surface area contributed by atoms with E-state index < -0.39 is 0 Å². The van der Waals surface area contributed by atoms with Crippen LogP contribution in [-0.2, 0) is 0 Å². The second-order valence-electron chi connectivity index (χ2n) is 1.71. The van der Waals surface area contributed by atoms with Gasteiger partial charge in [-0.3, -0.25) is 0 Å². The second kappa shape index (κ2) is 0.340. The van der Waals surface area contributed by atoms with E-state index in [1.165, 1.54) is 0 Å². The molecule has 1 heterocycles. The van der Waals surface area contributed by atoms with Crippen LogP contribution in [0.3, 0.4) is 0 Å².